The van der Waals surface area contributed by atoms with Crippen molar-refractivity contribution in [3.63, 3.8) is 0 Å². The van der Waals surface area contributed by atoms with Crippen LogP contribution in [0.15, 0.2) is 23.5 Å². The first-order valence-corrected chi connectivity index (χ1v) is 17.1. The molecule has 0 aromatic rings. The number of rotatable bonds is 13. The Morgan fingerprint density at radius 1 is 1.02 bits per heavy atom. The molecule has 3 unspecified atom stereocenters. The van der Waals surface area contributed by atoms with E-state index in [0.29, 0.717) is 22.5 Å². The van der Waals surface area contributed by atoms with Gasteiger partial charge in [-0.2, -0.15) is 0 Å². The number of ether oxygens (including phenoxy) is 4. The molecule has 19 heteroatoms. The van der Waals surface area contributed by atoms with E-state index in [0.717, 1.165) is 0 Å². The van der Waals surface area contributed by atoms with Gasteiger partial charge in [-0.05, 0) is 25.0 Å². The zero-order chi connectivity index (χ0) is 32.2. The molecule has 0 bridgehead atoms. The molecule has 0 aliphatic carbocycles. The number of carbonyl (C=O) groups excluding carboxylic acids is 3. The van der Waals surface area contributed by atoms with E-state index in [-0.39, 0.29) is 31.8 Å². The highest BCUT2D eigenvalue weighted by atomic mass is 32.7. The number of esters is 1. The van der Waals surface area contributed by atoms with Crippen molar-refractivity contribution in [2.45, 2.75) is 89.4 Å². The third-order valence-electron chi connectivity index (χ3n) is 7.38. The predicted molar refractivity (Wildman–Crippen MR) is 152 cm³/mol. The summed E-state index contributed by atoms with van der Waals surface area (Å²) >= 11 is 0.612. The van der Waals surface area contributed by atoms with Crippen LogP contribution in [0.5, 0.6) is 0 Å². The van der Waals surface area contributed by atoms with Gasteiger partial charge in [0.05, 0.1) is 19.3 Å². The summed E-state index contributed by atoms with van der Waals surface area (Å²) in [5.74, 6) is -0.891. The molecule has 5 N–H and O–H groups in total. The lowest BCUT2D eigenvalue weighted by Gasteiger charge is -2.32. The Kier molecular flexibility index (Phi) is 11.7. The minimum Gasteiger partial charge on any atom is -0.454 e. The molecule has 4 aliphatic heterocycles. The summed E-state index contributed by atoms with van der Waals surface area (Å²) < 4.78 is 48.2. The number of methoxy groups -OCH3 is 1. The minimum absolute atomic E-state index is 0.00845. The molecule has 0 aromatic heterocycles. The lowest BCUT2D eigenvalue weighted by molar-refractivity contribution is -0.140. The van der Waals surface area contributed by atoms with Crippen molar-refractivity contribution in [3.8, 4) is 0 Å². The smallest absolute Gasteiger partial charge is 0.392 e. The lowest BCUT2D eigenvalue weighted by atomic mass is 10.1. The first-order chi connectivity index (χ1) is 20.9. The van der Waals surface area contributed by atoms with Crippen molar-refractivity contribution >= 4 is 36.2 Å². The third-order valence-corrected chi connectivity index (χ3v) is 10.8. The number of urea groups is 2. The van der Waals surface area contributed by atoms with E-state index in [2.05, 4.69) is 10.6 Å². The molecular formula is C25H39N4O13PS. The number of carbonyl (C=O) groups is 3. The summed E-state index contributed by atoms with van der Waals surface area (Å²) in [7, 11) is 1.45. The normalized spacial score (nSPS) is 33.8. The average molecular weight is 667 g/mol. The topological polar surface area (TPSA) is 215 Å². The van der Waals surface area contributed by atoms with Gasteiger partial charge in [0, 0.05) is 50.2 Å². The predicted octanol–water partition coefficient (Wildman–Crippen LogP) is 0.872. The molecule has 4 rings (SSSR count). The molecule has 0 radical (unpaired) electrons. The van der Waals surface area contributed by atoms with Crippen LogP contribution in [0.25, 0.3) is 0 Å². The fraction of sp³-hybridized carbons (Fsp3) is 0.720. The molecule has 44 heavy (non-hydrogen) atoms. The Morgan fingerprint density at radius 3 is 2.09 bits per heavy atom. The first-order valence-electron chi connectivity index (χ1n) is 14.0. The number of aliphatic hydroxyl groups excluding tert-OH is 3. The molecular weight excluding hydrogens is 627 g/mol. The highest BCUT2D eigenvalue weighted by Gasteiger charge is 2.47. The van der Waals surface area contributed by atoms with Crippen LogP contribution in [-0.2, 0) is 37.4 Å². The maximum Gasteiger partial charge on any atom is 0.392 e. The maximum atomic E-state index is 14.1. The van der Waals surface area contributed by atoms with E-state index < -0.39 is 80.8 Å². The van der Waals surface area contributed by atoms with E-state index in [1.807, 2.05) is 0 Å². The van der Waals surface area contributed by atoms with Gasteiger partial charge in [-0.25, -0.2) is 14.2 Å². The third kappa shape index (κ3) is 8.12. The number of hydrogen-bond donors (Lipinski definition) is 5. The molecule has 0 saturated carbocycles. The van der Waals surface area contributed by atoms with Crippen LogP contribution in [0.3, 0.4) is 0 Å². The maximum absolute atomic E-state index is 14.1. The first kappa shape index (κ1) is 34.6. The zero-order valence-corrected chi connectivity index (χ0v) is 26.4. The largest absolute Gasteiger partial charge is 0.454 e. The van der Waals surface area contributed by atoms with E-state index in [4.69, 9.17) is 28.0 Å². The van der Waals surface area contributed by atoms with Crippen LogP contribution >= 0.6 is 18.2 Å². The Hall–Kier alpha value is -2.25. The molecule has 17 nitrogen and oxygen atoms in total. The summed E-state index contributed by atoms with van der Waals surface area (Å²) in [6.07, 6.45) is -4.11. The van der Waals surface area contributed by atoms with Gasteiger partial charge in [-0.1, -0.05) is 6.92 Å². The van der Waals surface area contributed by atoms with Gasteiger partial charge < -0.3 is 44.9 Å². The lowest BCUT2D eigenvalue weighted by Crippen LogP contribution is -2.51. The minimum atomic E-state index is -4.16. The second-order valence-corrected chi connectivity index (χ2v) is 14.4. The molecule has 4 amide bonds. The highest BCUT2D eigenvalue weighted by molar-refractivity contribution is 8.55. The van der Waals surface area contributed by atoms with Gasteiger partial charge in [0.1, 0.15) is 36.7 Å². The standard InChI is InChI=1S/C25H39N4O13PS/c1-5-21(31)38-12-44-43(36,42-16-7-20(40-17(16)10-30)29-9-14(3)23(33)27-25(29)35)39-11-18-15(37-4)6-19(41-18)28-8-13(2)22(32)26-24(28)34/h8-9,15-20,22-23,30,32-33H,5-7,10-12H2,1-4H3,(H,26,34)(H,27,35)/t15-,16-,17-,18-,19-,20-,22?,23?,43?/m1/s1. The average Bonchev–Trinajstić information content (AvgIpc) is 3.59. The Labute approximate surface area is 258 Å². The molecule has 2 fully saturated rings. The Morgan fingerprint density at radius 2 is 1.57 bits per heavy atom. The summed E-state index contributed by atoms with van der Waals surface area (Å²) in [4.78, 5) is 39.2. The van der Waals surface area contributed by atoms with Crippen molar-refractivity contribution in [2.24, 2.45) is 0 Å². The van der Waals surface area contributed by atoms with E-state index in [1.54, 1.807) is 20.8 Å². The molecule has 0 spiro atoms. The summed E-state index contributed by atoms with van der Waals surface area (Å²) in [6, 6.07) is -1.20. The molecule has 2 saturated heterocycles. The Bertz CT molecular complexity index is 1190. The van der Waals surface area contributed by atoms with Crippen molar-refractivity contribution in [1.29, 1.82) is 0 Å². The van der Waals surface area contributed by atoms with Crippen LogP contribution < -0.4 is 10.6 Å². The van der Waals surface area contributed by atoms with Gasteiger partial charge in [0.25, 0.3) is 0 Å². The second-order valence-electron chi connectivity index (χ2n) is 10.5. The molecule has 0 aromatic carbocycles. The second kappa shape index (κ2) is 14.9. The fourth-order valence-corrected chi connectivity index (χ4v) is 7.70. The summed E-state index contributed by atoms with van der Waals surface area (Å²) in [5.41, 5.74) is 0.948. The van der Waals surface area contributed by atoms with Crippen molar-refractivity contribution in [3.05, 3.63) is 23.5 Å². The highest BCUT2D eigenvalue weighted by Crippen LogP contribution is 2.62. The van der Waals surface area contributed by atoms with E-state index >= 15 is 0 Å². The fourth-order valence-electron chi connectivity index (χ4n) is 4.84. The van der Waals surface area contributed by atoms with Gasteiger partial charge in [0.2, 0.25) is 0 Å². The van der Waals surface area contributed by atoms with Crippen LogP contribution in [0.4, 0.5) is 9.59 Å². The van der Waals surface area contributed by atoms with Gasteiger partial charge in [-0.3, -0.25) is 23.6 Å². The monoisotopic (exact) mass is 666 g/mol. The number of nitrogens with zero attached hydrogens (tertiary/aromatic N) is 2. The van der Waals surface area contributed by atoms with Gasteiger partial charge >= 0.3 is 24.8 Å². The van der Waals surface area contributed by atoms with Crippen LogP contribution in [-0.4, -0.2) is 119 Å². The van der Waals surface area contributed by atoms with Crippen molar-refractivity contribution in [2.75, 3.05) is 26.3 Å². The number of amides is 4. The van der Waals surface area contributed by atoms with Crippen LogP contribution in [0, 0.1) is 0 Å². The van der Waals surface area contributed by atoms with Crippen LogP contribution in [0.2, 0.25) is 0 Å². The Balaban J connectivity index is 1.46. The molecule has 248 valence electrons. The quantitative estimate of drug-likeness (QED) is 0.105. The van der Waals surface area contributed by atoms with Crippen molar-refractivity contribution in [1.82, 2.24) is 20.4 Å². The molecule has 4 heterocycles. The van der Waals surface area contributed by atoms with Gasteiger partial charge in [-0.15, -0.1) is 0 Å². The van der Waals surface area contributed by atoms with Crippen molar-refractivity contribution < 1.29 is 62.3 Å². The zero-order valence-electron chi connectivity index (χ0n) is 24.7. The number of aliphatic hydroxyl groups is 3. The van der Waals surface area contributed by atoms with Gasteiger partial charge in [0.15, 0.2) is 12.5 Å². The molecule has 9 atom stereocenters. The van der Waals surface area contributed by atoms with Crippen LogP contribution in [0.1, 0.15) is 40.0 Å². The number of hydrogen-bond acceptors (Lipinski definition) is 14. The molecule has 4 aliphatic rings. The summed E-state index contributed by atoms with van der Waals surface area (Å²) in [6.45, 7) is -0.141. The summed E-state index contributed by atoms with van der Waals surface area (Å²) in [5, 5.41) is 34.6. The van der Waals surface area contributed by atoms with E-state index in [1.165, 1.54) is 29.3 Å². The van der Waals surface area contributed by atoms with E-state index in [9.17, 15) is 34.3 Å². The number of nitrogens with one attached hydrogen (secondary N) is 2. The SMILES string of the molecule is CCC(=O)OCSP(=O)(OC[C@H]1O[C@@H](N2C=C(C)C(O)NC2=O)C[C@H]1OC)O[C@@H]1C[C@H](N2C=C(C)C(O)NC2=O)O[C@@H]1CO.